The lowest BCUT2D eigenvalue weighted by molar-refractivity contribution is 0.153. The first-order valence-corrected chi connectivity index (χ1v) is 9.96. The molecule has 0 aliphatic carbocycles. The summed E-state index contributed by atoms with van der Waals surface area (Å²) in [7, 11) is 0. The van der Waals surface area contributed by atoms with Gasteiger partial charge in [0.1, 0.15) is 5.76 Å². The van der Waals surface area contributed by atoms with Crippen molar-refractivity contribution in [1.82, 2.24) is 19.4 Å². The maximum absolute atomic E-state index is 12.4. The molecule has 1 aliphatic rings. The van der Waals surface area contributed by atoms with E-state index < -0.39 is 0 Å². The highest BCUT2D eigenvalue weighted by atomic mass is 16.4. The quantitative estimate of drug-likeness (QED) is 0.803. The molecule has 6 heteroatoms. The van der Waals surface area contributed by atoms with Crippen LogP contribution in [-0.4, -0.2) is 32.5 Å². The molecule has 0 bridgehead atoms. The molecule has 0 radical (unpaired) electrons. The van der Waals surface area contributed by atoms with Crippen LogP contribution in [0.5, 0.6) is 0 Å². The fourth-order valence-corrected chi connectivity index (χ4v) is 3.43. The number of aromatic nitrogens is 3. The van der Waals surface area contributed by atoms with Crippen molar-refractivity contribution in [1.29, 1.82) is 0 Å². The SMILES string of the molecule is CC(C)c1cnc(CN2CCC(Cn3cnc(C(C)(C)C)cc3=O)CC2)o1. The van der Waals surface area contributed by atoms with E-state index in [1.165, 1.54) is 0 Å². The van der Waals surface area contributed by atoms with Crippen molar-refractivity contribution in [2.45, 2.75) is 71.9 Å². The topological polar surface area (TPSA) is 64.2 Å². The molecular weight excluding hydrogens is 340 g/mol. The molecule has 0 spiro atoms. The van der Waals surface area contributed by atoms with Crippen molar-refractivity contribution in [2.24, 2.45) is 5.92 Å². The Morgan fingerprint density at radius 1 is 1.22 bits per heavy atom. The van der Waals surface area contributed by atoms with Crippen molar-refractivity contribution in [3.63, 3.8) is 0 Å². The smallest absolute Gasteiger partial charge is 0.253 e. The molecule has 0 saturated carbocycles. The number of hydrogen-bond acceptors (Lipinski definition) is 5. The van der Waals surface area contributed by atoms with Crippen LogP contribution in [0, 0.1) is 5.92 Å². The van der Waals surface area contributed by atoms with Gasteiger partial charge in [-0.1, -0.05) is 34.6 Å². The first-order valence-electron chi connectivity index (χ1n) is 9.96. The van der Waals surface area contributed by atoms with Gasteiger partial charge in [0.2, 0.25) is 5.89 Å². The molecule has 1 saturated heterocycles. The van der Waals surface area contributed by atoms with Gasteiger partial charge in [-0.15, -0.1) is 0 Å². The van der Waals surface area contributed by atoms with Crippen LogP contribution in [0.15, 0.2) is 27.8 Å². The van der Waals surface area contributed by atoms with E-state index in [4.69, 9.17) is 4.42 Å². The molecule has 0 aromatic carbocycles. The molecule has 3 rings (SSSR count). The largest absolute Gasteiger partial charge is 0.444 e. The molecule has 1 fully saturated rings. The lowest BCUT2D eigenvalue weighted by atomic mass is 9.92. The Morgan fingerprint density at radius 2 is 1.93 bits per heavy atom. The van der Waals surface area contributed by atoms with Gasteiger partial charge in [0.25, 0.3) is 5.56 Å². The minimum Gasteiger partial charge on any atom is -0.444 e. The fraction of sp³-hybridized carbons (Fsp3) is 0.667. The predicted molar refractivity (Wildman–Crippen MR) is 106 cm³/mol. The summed E-state index contributed by atoms with van der Waals surface area (Å²) in [5.41, 5.74) is 0.808. The van der Waals surface area contributed by atoms with Gasteiger partial charge < -0.3 is 4.42 Å². The second-order valence-corrected chi connectivity index (χ2v) is 9.05. The molecule has 0 atom stereocenters. The maximum atomic E-state index is 12.4. The summed E-state index contributed by atoms with van der Waals surface area (Å²) in [6.07, 6.45) is 5.71. The monoisotopic (exact) mass is 372 g/mol. The van der Waals surface area contributed by atoms with E-state index in [1.54, 1.807) is 17.0 Å². The Kier molecular flexibility index (Phi) is 5.84. The van der Waals surface area contributed by atoms with Gasteiger partial charge in [-0.3, -0.25) is 14.3 Å². The van der Waals surface area contributed by atoms with E-state index >= 15 is 0 Å². The van der Waals surface area contributed by atoms with E-state index in [0.29, 0.717) is 11.8 Å². The van der Waals surface area contributed by atoms with Gasteiger partial charge >= 0.3 is 0 Å². The van der Waals surface area contributed by atoms with Gasteiger partial charge in [-0.2, -0.15) is 0 Å². The molecule has 1 aliphatic heterocycles. The molecule has 2 aromatic heterocycles. The maximum Gasteiger partial charge on any atom is 0.253 e. The molecule has 2 aromatic rings. The summed E-state index contributed by atoms with van der Waals surface area (Å²) in [4.78, 5) is 23.7. The average Bonchev–Trinajstić information content (AvgIpc) is 3.06. The highest BCUT2D eigenvalue weighted by Gasteiger charge is 2.22. The van der Waals surface area contributed by atoms with Crippen molar-refractivity contribution in [3.05, 3.63) is 46.3 Å². The van der Waals surface area contributed by atoms with E-state index in [9.17, 15) is 4.79 Å². The third-order valence-electron chi connectivity index (χ3n) is 5.31. The van der Waals surface area contributed by atoms with E-state index in [1.807, 2.05) is 6.20 Å². The Labute approximate surface area is 161 Å². The van der Waals surface area contributed by atoms with Gasteiger partial charge in [-0.25, -0.2) is 9.97 Å². The molecule has 3 heterocycles. The lowest BCUT2D eigenvalue weighted by Crippen LogP contribution is -2.36. The molecular formula is C21H32N4O2. The zero-order valence-corrected chi connectivity index (χ0v) is 17.2. The number of piperidine rings is 1. The van der Waals surface area contributed by atoms with Gasteiger partial charge in [0.15, 0.2) is 0 Å². The van der Waals surface area contributed by atoms with Crippen LogP contribution in [0.3, 0.4) is 0 Å². The highest BCUT2D eigenvalue weighted by molar-refractivity contribution is 5.10. The van der Waals surface area contributed by atoms with E-state index in [-0.39, 0.29) is 11.0 Å². The standard InChI is InChI=1S/C21H32N4O2/c1-15(2)17-11-22-19(27-17)13-24-8-6-16(7-9-24)12-25-14-23-18(10-20(25)26)21(3,4)5/h10-11,14-16H,6-9,12-13H2,1-5H3. The molecule has 0 amide bonds. The van der Waals surface area contributed by atoms with Gasteiger partial charge in [0.05, 0.1) is 24.8 Å². The number of likely N-dealkylation sites (tertiary alicyclic amines) is 1. The zero-order chi connectivity index (χ0) is 19.6. The van der Waals surface area contributed by atoms with Gasteiger partial charge in [-0.05, 0) is 31.8 Å². The van der Waals surface area contributed by atoms with Crippen LogP contribution in [0.1, 0.15) is 70.7 Å². The number of nitrogens with zero attached hydrogens (tertiary/aromatic N) is 4. The minimum atomic E-state index is -0.0983. The third kappa shape index (κ3) is 5.06. The molecule has 27 heavy (non-hydrogen) atoms. The zero-order valence-electron chi connectivity index (χ0n) is 17.2. The van der Waals surface area contributed by atoms with E-state index in [0.717, 1.165) is 56.4 Å². The third-order valence-corrected chi connectivity index (χ3v) is 5.31. The summed E-state index contributed by atoms with van der Waals surface area (Å²) in [6, 6.07) is 1.68. The lowest BCUT2D eigenvalue weighted by Gasteiger charge is -2.31. The van der Waals surface area contributed by atoms with Crippen LogP contribution >= 0.6 is 0 Å². The summed E-state index contributed by atoms with van der Waals surface area (Å²) in [5, 5.41) is 0. The van der Waals surface area contributed by atoms with Crippen LogP contribution in [0.4, 0.5) is 0 Å². The van der Waals surface area contributed by atoms with Crippen LogP contribution in [-0.2, 0) is 18.5 Å². The van der Waals surface area contributed by atoms with Crippen molar-refractivity contribution < 1.29 is 4.42 Å². The van der Waals surface area contributed by atoms with Crippen molar-refractivity contribution >= 4 is 0 Å². The number of hydrogen-bond donors (Lipinski definition) is 0. The molecule has 0 unspecified atom stereocenters. The minimum absolute atomic E-state index is 0.0540. The highest BCUT2D eigenvalue weighted by Crippen LogP contribution is 2.22. The first-order chi connectivity index (χ1) is 12.7. The van der Waals surface area contributed by atoms with Crippen molar-refractivity contribution in [2.75, 3.05) is 13.1 Å². The fourth-order valence-electron chi connectivity index (χ4n) is 3.43. The van der Waals surface area contributed by atoms with Crippen LogP contribution in [0.2, 0.25) is 0 Å². The molecule has 0 N–H and O–H groups in total. The summed E-state index contributed by atoms with van der Waals surface area (Å²) >= 11 is 0. The second-order valence-electron chi connectivity index (χ2n) is 9.05. The predicted octanol–water partition coefficient (Wildman–Crippen LogP) is 3.56. The number of oxazole rings is 1. The Bertz CT molecular complexity index is 808. The summed E-state index contributed by atoms with van der Waals surface area (Å²) in [5.74, 6) is 2.63. The second kappa shape index (κ2) is 7.97. The van der Waals surface area contributed by atoms with Gasteiger partial charge in [0, 0.05) is 23.9 Å². The Balaban J connectivity index is 1.53. The number of rotatable bonds is 5. The Hall–Kier alpha value is -1.95. The Morgan fingerprint density at radius 3 is 2.48 bits per heavy atom. The normalized spacial score (nSPS) is 17.0. The average molecular weight is 373 g/mol. The van der Waals surface area contributed by atoms with E-state index in [2.05, 4.69) is 49.5 Å². The first kappa shape index (κ1) is 19.8. The van der Waals surface area contributed by atoms with Crippen LogP contribution in [0.25, 0.3) is 0 Å². The van der Waals surface area contributed by atoms with Crippen molar-refractivity contribution in [3.8, 4) is 0 Å². The van der Waals surface area contributed by atoms with Crippen LogP contribution < -0.4 is 5.56 Å². The summed E-state index contributed by atoms with van der Waals surface area (Å²) in [6.45, 7) is 14.0. The summed E-state index contributed by atoms with van der Waals surface area (Å²) < 4.78 is 7.58. The molecule has 148 valence electrons. The molecule has 6 nitrogen and oxygen atoms in total.